The molecular weight excluding hydrogens is 266 g/mol. The van der Waals surface area contributed by atoms with E-state index in [1.807, 2.05) is 17.7 Å². The zero-order valence-electron chi connectivity index (χ0n) is 12.9. The lowest BCUT2D eigenvalue weighted by Crippen LogP contribution is -2.17. The van der Waals surface area contributed by atoms with Gasteiger partial charge in [0, 0.05) is 11.6 Å². The summed E-state index contributed by atoms with van der Waals surface area (Å²) < 4.78 is 7.08. The Morgan fingerprint density at radius 3 is 2.86 bits per heavy atom. The molecule has 1 unspecified atom stereocenters. The van der Waals surface area contributed by atoms with E-state index in [-0.39, 0.29) is 11.9 Å². The van der Waals surface area contributed by atoms with Gasteiger partial charge in [-0.2, -0.15) is 5.10 Å². The van der Waals surface area contributed by atoms with Crippen molar-refractivity contribution < 1.29 is 9.53 Å². The van der Waals surface area contributed by atoms with Crippen molar-refractivity contribution in [1.82, 2.24) is 9.78 Å². The van der Waals surface area contributed by atoms with Gasteiger partial charge in [0.1, 0.15) is 11.6 Å². The van der Waals surface area contributed by atoms with Crippen LogP contribution < -0.4 is 10.1 Å². The topological polar surface area (TPSA) is 56.2 Å². The maximum atomic E-state index is 12.3. The zero-order chi connectivity index (χ0) is 15.4. The predicted octanol–water partition coefficient (Wildman–Crippen LogP) is 3.42. The van der Waals surface area contributed by atoms with Crippen LogP contribution in [0.1, 0.15) is 42.2 Å². The summed E-state index contributed by atoms with van der Waals surface area (Å²) in [7, 11) is 1.60. The molecule has 0 spiro atoms. The van der Waals surface area contributed by atoms with Crippen molar-refractivity contribution in [2.45, 2.75) is 33.2 Å². The molecule has 0 aliphatic carbocycles. The second-order valence-corrected chi connectivity index (χ2v) is 5.06. The average molecular weight is 287 g/mol. The van der Waals surface area contributed by atoms with Crippen LogP contribution in [0.4, 0.5) is 5.82 Å². The first kappa shape index (κ1) is 15.1. The van der Waals surface area contributed by atoms with Gasteiger partial charge in [0.05, 0.1) is 19.3 Å². The number of benzene rings is 1. The van der Waals surface area contributed by atoms with Crippen LogP contribution in [0.15, 0.2) is 30.5 Å². The Hall–Kier alpha value is -2.30. The summed E-state index contributed by atoms with van der Waals surface area (Å²) in [6.07, 6.45) is 2.64. The maximum absolute atomic E-state index is 12.3. The Morgan fingerprint density at radius 1 is 1.43 bits per heavy atom. The van der Waals surface area contributed by atoms with Crippen molar-refractivity contribution in [2.75, 3.05) is 12.4 Å². The fourth-order valence-electron chi connectivity index (χ4n) is 2.09. The third-order valence-electron chi connectivity index (χ3n) is 3.59. The number of hydrogen-bond donors (Lipinski definition) is 1. The lowest BCUT2D eigenvalue weighted by molar-refractivity contribution is 0.102. The maximum Gasteiger partial charge on any atom is 0.256 e. The number of ether oxygens (including phenoxy) is 1. The monoisotopic (exact) mass is 287 g/mol. The van der Waals surface area contributed by atoms with Gasteiger partial charge >= 0.3 is 0 Å². The van der Waals surface area contributed by atoms with Gasteiger partial charge in [-0.1, -0.05) is 13.0 Å². The lowest BCUT2D eigenvalue weighted by Gasteiger charge is -2.14. The van der Waals surface area contributed by atoms with Gasteiger partial charge in [-0.25, -0.2) is 4.68 Å². The Bertz CT molecular complexity index is 634. The summed E-state index contributed by atoms with van der Waals surface area (Å²) in [6, 6.07) is 7.45. The minimum atomic E-state index is -0.168. The number of carbonyl (C=O) groups is 1. The molecule has 0 aliphatic heterocycles. The minimum Gasteiger partial charge on any atom is -0.496 e. The first-order valence-corrected chi connectivity index (χ1v) is 7.06. The van der Waals surface area contributed by atoms with Crippen LogP contribution in [-0.2, 0) is 0 Å². The van der Waals surface area contributed by atoms with Crippen molar-refractivity contribution in [1.29, 1.82) is 0 Å². The molecule has 1 heterocycles. The molecule has 5 nitrogen and oxygen atoms in total. The molecule has 1 amide bonds. The highest BCUT2D eigenvalue weighted by molar-refractivity contribution is 6.04. The van der Waals surface area contributed by atoms with Gasteiger partial charge in [0.25, 0.3) is 5.91 Å². The third kappa shape index (κ3) is 3.24. The Kier molecular flexibility index (Phi) is 4.62. The molecule has 0 saturated carbocycles. The molecule has 1 atom stereocenters. The van der Waals surface area contributed by atoms with Crippen molar-refractivity contribution in [3.05, 3.63) is 41.6 Å². The lowest BCUT2D eigenvalue weighted by atomic mass is 10.1. The van der Waals surface area contributed by atoms with E-state index in [4.69, 9.17) is 4.74 Å². The average Bonchev–Trinajstić information content (AvgIpc) is 2.94. The van der Waals surface area contributed by atoms with Crippen LogP contribution in [-0.4, -0.2) is 22.8 Å². The molecule has 0 aliphatic rings. The van der Waals surface area contributed by atoms with Crippen molar-refractivity contribution in [3.63, 3.8) is 0 Å². The van der Waals surface area contributed by atoms with Crippen LogP contribution in [0.5, 0.6) is 5.75 Å². The summed E-state index contributed by atoms with van der Waals surface area (Å²) in [5, 5.41) is 7.16. The first-order chi connectivity index (χ1) is 10.1. The number of amides is 1. The quantitative estimate of drug-likeness (QED) is 0.916. The van der Waals surface area contributed by atoms with Crippen molar-refractivity contribution >= 4 is 11.7 Å². The number of carbonyl (C=O) groups excluding carboxylic acids is 1. The SMILES string of the molecule is CCC(C)n1nccc1NC(=O)c1ccc(C)c(OC)c1. The number of anilines is 1. The van der Waals surface area contributed by atoms with Crippen LogP contribution in [0.25, 0.3) is 0 Å². The highest BCUT2D eigenvalue weighted by Gasteiger charge is 2.13. The highest BCUT2D eigenvalue weighted by atomic mass is 16.5. The van der Waals surface area contributed by atoms with Gasteiger partial charge in [0.15, 0.2) is 0 Å². The van der Waals surface area contributed by atoms with E-state index in [1.165, 1.54) is 0 Å². The summed E-state index contributed by atoms with van der Waals surface area (Å²) in [4.78, 5) is 12.3. The van der Waals surface area contributed by atoms with Gasteiger partial charge in [-0.3, -0.25) is 4.79 Å². The number of rotatable bonds is 5. The van der Waals surface area contributed by atoms with Crippen LogP contribution in [0, 0.1) is 6.92 Å². The minimum absolute atomic E-state index is 0.168. The molecule has 1 aromatic heterocycles. The van der Waals surface area contributed by atoms with E-state index in [0.29, 0.717) is 17.1 Å². The summed E-state index contributed by atoms with van der Waals surface area (Å²) in [5.41, 5.74) is 1.56. The molecule has 1 aromatic carbocycles. The number of nitrogens with zero attached hydrogens (tertiary/aromatic N) is 2. The summed E-state index contributed by atoms with van der Waals surface area (Å²) >= 11 is 0. The van der Waals surface area contributed by atoms with Gasteiger partial charge < -0.3 is 10.1 Å². The third-order valence-corrected chi connectivity index (χ3v) is 3.59. The van der Waals surface area contributed by atoms with Gasteiger partial charge in [0.2, 0.25) is 0 Å². The number of nitrogens with one attached hydrogen (secondary N) is 1. The Balaban J connectivity index is 2.20. The summed E-state index contributed by atoms with van der Waals surface area (Å²) in [5.74, 6) is 1.24. The highest BCUT2D eigenvalue weighted by Crippen LogP contribution is 2.21. The zero-order valence-corrected chi connectivity index (χ0v) is 12.9. The molecule has 112 valence electrons. The van der Waals surface area contributed by atoms with E-state index in [0.717, 1.165) is 12.0 Å². The number of aryl methyl sites for hydroxylation is 1. The second-order valence-electron chi connectivity index (χ2n) is 5.06. The molecule has 1 N–H and O–H groups in total. The van der Waals surface area contributed by atoms with Crippen LogP contribution >= 0.6 is 0 Å². The standard InChI is InChI=1S/C16H21N3O2/c1-5-12(3)19-15(8-9-17-19)18-16(20)13-7-6-11(2)14(10-13)21-4/h6-10,12H,5H2,1-4H3,(H,18,20). The largest absolute Gasteiger partial charge is 0.496 e. The number of aromatic nitrogens is 2. The van der Waals surface area contributed by atoms with E-state index in [1.54, 1.807) is 31.5 Å². The van der Waals surface area contributed by atoms with E-state index < -0.39 is 0 Å². The Labute approximate surface area is 124 Å². The second kappa shape index (κ2) is 6.43. The molecule has 0 radical (unpaired) electrons. The molecule has 21 heavy (non-hydrogen) atoms. The molecule has 0 saturated heterocycles. The molecule has 0 fully saturated rings. The predicted molar refractivity (Wildman–Crippen MR) is 82.9 cm³/mol. The molecule has 2 rings (SSSR count). The van der Waals surface area contributed by atoms with E-state index in [9.17, 15) is 4.79 Å². The van der Waals surface area contributed by atoms with Gasteiger partial charge in [-0.05, 0) is 38.0 Å². The van der Waals surface area contributed by atoms with Crippen LogP contribution in [0.2, 0.25) is 0 Å². The first-order valence-electron chi connectivity index (χ1n) is 7.06. The van der Waals surface area contributed by atoms with Crippen LogP contribution in [0.3, 0.4) is 0 Å². The molecule has 0 bridgehead atoms. The smallest absolute Gasteiger partial charge is 0.256 e. The van der Waals surface area contributed by atoms with E-state index in [2.05, 4.69) is 24.3 Å². The summed E-state index contributed by atoms with van der Waals surface area (Å²) in [6.45, 7) is 6.10. The molecule has 2 aromatic rings. The Morgan fingerprint density at radius 2 is 2.19 bits per heavy atom. The van der Waals surface area contributed by atoms with Crippen molar-refractivity contribution in [3.8, 4) is 5.75 Å². The fraction of sp³-hybridized carbons (Fsp3) is 0.375. The molecular formula is C16H21N3O2. The molecule has 5 heteroatoms. The fourth-order valence-corrected chi connectivity index (χ4v) is 2.09. The number of hydrogen-bond acceptors (Lipinski definition) is 3. The van der Waals surface area contributed by atoms with E-state index >= 15 is 0 Å². The number of methoxy groups -OCH3 is 1. The van der Waals surface area contributed by atoms with Gasteiger partial charge in [-0.15, -0.1) is 0 Å². The normalized spacial score (nSPS) is 12.0. The van der Waals surface area contributed by atoms with Crippen molar-refractivity contribution in [2.24, 2.45) is 0 Å².